The number of ketones is 1. The standard InChI is InChI=1S/C14H12O3/c15-14-11(8-10-4-2-1-3-5-10)9-12-6-7-13(14)17-16-12/h1-7,9,12-13H,8H2. The molecule has 86 valence electrons. The molecule has 2 bridgehead atoms. The van der Waals surface area contributed by atoms with Gasteiger partial charge in [0, 0.05) is 12.0 Å². The lowest BCUT2D eigenvalue weighted by molar-refractivity contribution is -0.320. The van der Waals surface area contributed by atoms with Gasteiger partial charge in [0.05, 0.1) is 0 Å². The van der Waals surface area contributed by atoms with Crippen LogP contribution < -0.4 is 0 Å². The molecule has 0 radical (unpaired) electrons. The van der Waals surface area contributed by atoms with Crippen molar-refractivity contribution in [3.63, 3.8) is 0 Å². The first-order valence-corrected chi connectivity index (χ1v) is 5.62. The molecule has 2 unspecified atom stereocenters. The van der Waals surface area contributed by atoms with Crippen LogP contribution in [0.15, 0.2) is 54.1 Å². The van der Waals surface area contributed by atoms with Gasteiger partial charge in [-0.05, 0) is 23.8 Å². The number of carbonyl (C=O) groups is 1. The summed E-state index contributed by atoms with van der Waals surface area (Å²) in [5, 5.41) is 0. The van der Waals surface area contributed by atoms with Crippen LogP contribution in [-0.2, 0) is 21.0 Å². The van der Waals surface area contributed by atoms with Gasteiger partial charge in [-0.25, -0.2) is 9.78 Å². The summed E-state index contributed by atoms with van der Waals surface area (Å²) in [6, 6.07) is 9.92. The van der Waals surface area contributed by atoms with Crippen LogP contribution in [-0.4, -0.2) is 18.0 Å². The van der Waals surface area contributed by atoms with Crippen molar-refractivity contribution in [1.82, 2.24) is 0 Å². The Hall–Kier alpha value is -1.71. The molecular weight excluding hydrogens is 216 g/mol. The third kappa shape index (κ3) is 2.07. The normalized spacial score (nSPS) is 26.8. The van der Waals surface area contributed by atoms with E-state index in [1.165, 1.54) is 0 Å². The molecule has 2 aliphatic heterocycles. The van der Waals surface area contributed by atoms with Crippen LogP contribution in [0.5, 0.6) is 0 Å². The predicted molar refractivity (Wildman–Crippen MR) is 62.1 cm³/mol. The van der Waals surface area contributed by atoms with Crippen LogP contribution in [0.25, 0.3) is 0 Å². The molecule has 0 spiro atoms. The van der Waals surface area contributed by atoms with E-state index in [2.05, 4.69) is 0 Å². The number of hydrogen-bond donors (Lipinski definition) is 0. The van der Waals surface area contributed by atoms with Crippen molar-refractivity contribution in [1.29, 1.82) is 0 Å². The third-order valence-corrected chi connectivity index (χ3v) is 2.92. The fourth-order valence-corrected chi connectivity index (χ4v) is 2.04. The van der Waals surface area contributed by atoms with Gasteiger partial charge < -0.3 is 0 Å². The number of rotatable bonds is 2. The molecular formula is C14H12O3. The van der Waals surface area contributed by atoms with E-state index in [4.69, 9.17) is 9.78 Å². The molecule has 3 aliphatic rings. The van der Waals surface area contributed by atoms with Crippen LogP contribution in [0.1, 0.15) is 5.56 Å². The van der Waals surface area contributed by atoms with Crippen molar-refractivity contribution in [2.24, 2.45) is 0 Å². The zero-order valence-electron chi connectivity index (χ0n) is 9.21. The summed E-state index contributed by atoms with van der Waals surface area (Å²) in [5.41, 5.74) is 1.88. The van der Waals surface area contributed by atoms with Crippen molar-refractivity contribution in [3.8, 4) is 0 Å². The van der Waals surface area contributed by atoms with E-state index in [-0.39, 0.29) is 11.9 Å². The number of Topliss-reactive ketones (excluding diaryl/α,β-unsaturated/α-hetero) is 1. The molecule has 1 aliphatic carbocycles. The van der Waals surface area contributed by atoms with Crippen LogP contribution in [0.3, 0.4) is 0 Å². The zero-order chi connectivity index (χ0) is 11.7. The second-order valence-corrected chi connectivity index (χ2v) is 4.18. The molecule has 0 N–H and O–H groups in total. The molecule has 0 fully saturated rings. The number of fused-ring (bicyclic) bond motifs is 2. The zero-order valence-corrected chi connectivity index (χ0v) is 9.21. The van der Waals surface area contributed by atoms with Gasteiger partial charge in [-0.15, -0.1) is 0 Å². The summed E-state index contributed by atoms with van der Waals surface area (Å²) in [6.07, 6.45) is 5.25. The Morgan fingerprint density at radius 1 is 1.06 bits per heavy atom. The van der Waals surface area contributed by atoms with Crippen molar-refractivity contribution in [2.45, 2.75) is 18.6 Å². The summed E-state index contributed by atoms with van der Waals surface area (Å²) in [4.78, 5) is 22.1. The molecule has 0 aromatic heterocycles. The summed E-state index contributed by atoms with van der Waals surface area (Å²) >= 11 is 0. The molecule has 1 aromatic carbocycles. The van der Waals surface area contributed by atoms with E-state index < -0.39 is 6.10 Å². The number of benzene rings is 1. The maximum Gasteiger partial charge on any atom is 0.194 e. The van der Waals surface area contributed by atoms with Crippen molar-refractivity contribution in [2.75, 3.05) is 0 Å². The van der Waals surface area contributed by atoms with E-state index >= 15 is 0 Å². The lowest BCUT2D eigenvalue weighted by Crippen LogP contribution is -2.25. The maximum absolute atomic E-state index is 12.1. The first-order chi connectivity index (χ1) is 8.33. The SMILES string of the molecule is O=C1C(Cc2ccccc2)=CC2C=CC1OO2. The molecule has 4 rings (SSSR count). The minimum atomic E-state index is -0.580. The lowest BCUT2D eigenvalue weighted by Gasteiger charge is -2.15. The minimum absolute atomic E-state index is 0.00916. The molecule has 1 aromatic rings. The average Bonchev–Trinajstić information content (AvgIpc) is 2.61. The van der Waals surface area contributed by atoms with Crippen LogP contribution >= 0.6 is 0 Å². The Morgan fingerprint density at radius 3 is 2.59 bits per heavy atom. The summed E-state index contributed by atoms with van der Waals surface area (Å²) in [5.74, 6) is -0.00916. The summed E-state index contributed by atoms with van der Waals surface area (Å²) < 4.78 is 0. The second kappa shape index (κ2) is 4.28. The lowest BCUT2D eigenvalue weighted by atomic mass is 9.99. The van der Waals surface area contributed by atoms with E-state index in [9.17, 15) is 4.79 Å². The molecule has 0 saturated carbocycles. The molecule has 0 saturated heterocycles. The van der Waals surface area contributed by atoms with E-state index in [1.54, 1.807) is 6.08 Å². The maximum atomic E-state index is 12.1. The molecule has 3 nitrogen and oxygen atoms in total. The molecule has 2 atom stereocenters. The fraction of sp³-hybridized carbons (Fsp3) is 0.214. The third-order valence-electron chi connectivity index (χ3n) is 2.92. The Morgan fingerprint density at radius 2 is 1.88 bits per heavy atom. The van der Waals surface area contributed by atoms with Gasteiger partial charge in [-0.3, -0.25) is 4.79 Å². The molecule has 17 heavy (non-hydrogen) atoms. The smallest absolute Gasteiger partial charge is 0.194 e. The van der Waals surface area contributed by atoms with Gasteiger partial charge in [-0.1, -0.05) is 30.3 Å². The van der Waals surface area contributed by atoms with E-state index in [0.29, 0.717) is 6.42 Å². The highest BCUT2D eigenvalue weighted by Gasteiger charge is 2.30. The predicted octanol–water partition coefficient (Wildman–Crippen LogP) is 1.99. The monoisotopic (exact) mass is 228 g/mol. The van der Waals surface area contributed by atoms with E-state index in [1.807, 2.05) is 42.5 Å². The summed E-state index contributed by atoms with van der Waals surface area (Å²) in [7, 11) is 0. The molecule has 0 amide bonds. The van der Waals surface area contributed by atoms with Gasteiger partial charge in [0.1, 0.15) is 6.10 Å². The summed E-state index contributed by atoms with van der Waals surface area (Å²) in [6.45, 7) is 0. The Balaban J connectivity index is 1.87. The Labute approximate surface area is 99.3 Å². The molecule has 2 heterocycles. The number of hydrogen-bond acceptors (Lipinski definition) is 3. The van der Waals surface area contributed by atoms with Gasteiger partial charge in [0.2, 0.25) is 0 Å². The largest absolute Gasteiger partial charge is 0.291 e. The average molecular weight is 228 g/mol. The Bertz CT molecular complexity index is 487. The van der Waals surface area contributed by atoms with Crippen molar-refractivity contribution in [3.05, 3.63) is 59.7 Å². The minimum Gasteiger partial charge on any atom is -0.291 e. The van der Waals surface area contributed by atoms with Gasteiger partial charge in [0.15, 0.2) is 11.9 Å². The van der Waals surface area contributed by atoms with E-state index in [0.717, 1.165) is 11.1 Å². The topological polar surface area (TPSA) is 35.5 Å². The van der Waals surface area contributed by atoms with Crippen LogP contribution in [0, 0.1) is 0 Å². The first kappa shape index (κ1) is 10.4. The molecule has 3 heteroatoms. The highest BCUT2D eigenvalue weighted by molar-refractivity contribution is 6.01. The quantitative estimate of drug-likeness (QED) is 0.573. The number of carbonyl (C=O) groups excluding carboxylic acids is 1. The van der Waals surface area contributed by atoms with Gasteiger partial charge in [0.25, 0.3) is 0 Å². The first-order valence-electron chi connectivity index (χ1n) is 5.62. The van der Waals surface area contributed by atoms with Gasteiger partial charge in [-0.2, -0.15) is 0 Å². The fourth-order valence-electron chi connectivity index (χ4n) is 2.04. The second-order valence-electron chi connectivity index (χ2n) is 4.18. The van der Waals surface area contributed by atoms with Crippen molar-refractivity contribution < 1.29 is 14.6 Å². The van der Waals surface area contributed by atoms with Crippen LogP contribution in [0.4, 0.5) is 0 Å². The highest BCUT2D eigenvalue weighted by Crippen LogP contribution is 2.23. The Kier molecular flexibility index (Phi) is 2.63. The highest BCUT2D eigenvalue weighted by atomic mass is 17.2. The van der Waals surface area contributed by atoms with Crippen LogP contribution in [0.2, 0.25) is 0 Å². The van der Waals surface area contributed by atoms with Crippen molar-refractivity contribution >= 4 is 5.78 Å². The van der Waals surface area contributed by atoms with Gasteiger partial charge >= 0.3 is 0 Å².